The summed E-state index contributed by atoms with van der Waals surface area (Å²) in [6, 6.07) is 15.4. The Morgan fingerprint density at radius 1 is 1.00 bits per heavy atom. The molecule has 3 aromatic rings. The van der Waals surface area contributed by atoms with E-state index in [4.69, 9.17) is 21.1 Å². The fraction of sp³-hybridized carbons (Fsp3) is 0.240. The Labute approximate surface area is 205 Å². The van der Waals surface area contributed by atoms with Gasteiger partial charge in [-0.3, -0.25) is 9.10 Å². The van der Waals surface area contributed by atoms with Crippen molar-refractivity contribution in [3.63, 3.8) is 0 Å². The highest BCUT2D eigenvalue weighted by molar-refractivity contribution is 7.92. The number of methoxy groups -OCH3 is 2. The van der Waals surface area contributed by atoms with E-state index in [0.29, 0.717) is 27.8 Å². The highest BCUT2D eigenvalue weighted by atomic mass is 35.5. The van der Waals surface area contributed by atoms with Crippen LogP contribution in [0.3, 0.4) is 0 Å². The Morgan fingerprint density at radius 3 is 2.21 bits per heavy atom. The van der Waals surface area contributed by atoms with Gasteiger partial charge < -0.3 is 14.8 Å². The van der Waals surface area contributed by atoms with Crippen LogP contribution in [-0.4, -0.2) is 34.8 Å². The first-order valence-electron chi connectivity index (χ1n) is 10.4. The molecule has 0 atom stereocenters. The van der Waals surface area contributed by atoms with E-state index in [1.807, 2.05) is 26.0 Å². The van der Waals surface area contributed by atoms with E-state index in [1.54, 1.807) is 30.3 Å². The van der Waals surface area contributed by atoms with Gasteiger partial charge in [-0.1, -0.05) is 35.9 Å². The Morgan fingerprint density at radius 2 is 1.62 bits per heavy atom. The fourth-order valence-electron chi connectivity index (χ4n) is 3.47. The molecule has 0 saturated carbocycles. The molecular weight excluding hydrogens is 476 g/mol. The highest BCUT2D eigenvalue weighted by Gasteiger charge is 2.27. The third kappa shape index (κ3) is 5.63. The van der Waals surface area contributed by atoms with Crippen molar-refractivity contribution in [2.45, 2.75) is 20.4 Å². The normalized spacial score (nSPS) is 11.1. The molecule has 3 rings (SSSR count). The van der Waals surface area contributed by atoms with Gasteiger partial charge in [-0.2, -0.15) is 0 Å². The largest absolute Gasteiger partial charge is 0.493 e. The number of nitrogens with zero attached hydrogens (tertiary/aromatic N) is 1. The van der Waals surface area contributed by atoms with Crippen molar-refractivity contribution >= 4 is 38.9 Å². The molecule has 3 aromatic carbocycles. The van der Waals surface area contributed by atoms with Crippen LogP contribution in [0, 0.1) is 13.8 Å². The molecule has 1 amide bonds. The lowest BCUT2D eigenvalue weighted by molar-refractivity contribution is 0.102. The minimum absolute atomic E-state index is 0.00472. The fourth-order valence-corrected chi connectivity index (χ4v) is 4.49. The maximum atomic E-state index is 13.4. The average molecular weight is 503 g/mol. The molecule has 0 aliphatic heterocycles. The van der Waals surface area contributed by atoms with Gasteiger partial charge in [0.05, 0.1) is 38.3 Å². The molecule has 0 aliphatic rings. The van der Waals surface area contributed by atoms with E-state index >= 15 is 0 Å². The number of nitrogens with one attached hydrogen (secondary N) is 1. The highest BCUT2D eigenvalue weighted by Crippen LogP contribution is 2.37. The molecule has 0 saturated heterocycles. The van der Waals surface area contributed by atoms with Crippen LogP contribution in [0.5, 0.6) is 11.5 Å². The molecule has 0 unspecified atom stereocenters. The summed E-state index contributed by atoms with van der Waals surface area (Å²) in [6.45, 7) is 3.85. The Kier molecular flexibility index (Phi) is 7.74. The lowest BCUT2D eigenvalue weighted by Crippen LogP contribution is -2.31. The molecule has 0 spiro atoms. The first-order valence-corrected chi connectivity index (χ1v) is 12.6. The third-order valence-electron chi connectivity index (χ3n) is 5.51. The van der Waals surface area contributed by atoms with Crippen LogP contribution in [0.25, 0.3) is 0 Å². The monoisotopic (exact) mass is 502 g/mol. The van der Waals surface area contributed by atoms with Gasteiger partial charge in [-0.15, -0.1) is 0 Å². The summed E-state index contributed by atoms with van der Waals surface area (Å²) in [6.07, 6.45) is 1.09. The molecule has 1 N–H and O–H groups in total. The first kappa shape index (κ1) is 25.4. The van der Waals surface area contributed by atoms with Gasteiger partial charge in [0.25, 0.3) is 5.91 Å². The van der Waals surface area contributed by atoms with Crippen LogP contribution >= 0.6 is 11.6 Å². The van der Waals surface area contributed by atoms with E-state index in [9.17, 15) is 13.2 Å². The van der Waals surface area contributed by atoms with Crippen LogP contribution < -0.4 is 19.1 Å². The van der Waals surface area contributed by atoms with Crippen molar-refractivity contribution in [3.05, 3.63) is 81.9 Å². The number of anilines is 2. The Hall–Kier alpha value is -3.23. The number of sulfonamides is 1. The standard InChI is InChI=1S/C25H27ClN2O5S/c1-16-7-6-8-21(17(16)2)27-25(29)20-13-23(32-3)24(33-4)14-22(20)28(34(5,30)31)15-18-9-11-19(26)12-10-18/h6-14H,15H2,1-5H3,(H,27,29). The van der Waals surface area contributed by atoms with Crippen molar-refractivity contribution in [3.8, 4) is 11.5 Å². The molecule has 180 valence electrons. The number of rotatable bonds is 8. The zero-order valence-corrected chi connectivity index (χ0v) is 21.3. The van der Waals surface area contributed by atoms with Crippen molar-refractivity contribution in [2.24, 2.45) is 0 Å². The number of halogens is 1. The van der Waals surface area contributed by atoms with Crippen molar-refractivity contribution in [1.82, 2.24) is 0 Å². The van der Waals surface area contributed by atoms with Crippen molar-refractivity contribution in [2.75, 3.05) is 30.1 Å². The lowest BCUT2D eigenvalue weighted by atomic mass is 10.1. The van der Waals surface area contributed by atoms with Gasteiger partial charge in [0.15, 0.2) is 11.5 Å². The first-order chi connectivity index (χ1) is 16.0. The van der Waals surface area contributed by atoms with Gasteiger partial charge in [-0.25, -0.2) is 8.42 Å². The lowest BCUT2D eigenvalue weighted by Gasteiger charge is -2.26. The summed E-state index contributed by atoms with van der Waals surface area (Å²) >= 11 is 5.98. The van der Waals surface area contributed by atoms with Gasteiger partial charge >= 0.3 is 0 Å². The second kappa shape index (κ2) is 10.4. The summed E-state index contributed by atoms with van der Waals surface area (Å²) in [4.78, 5) is 13.4. The summed E-state index contributed by atoms with van der Waals surface area (Å²) in [5.41, 5.74) is 3.56. The number of hydrogen-bond donors (Lipinski definition) is 1. The van der Waals surface area contributed by atoms with Crippen molar-refractivity contribution < 1.29 is 22.7 Å². The van der Waals surface area contributed by atoms with Gasteiger partial charge in [0.1, 0.15) is 0 Å². The quantitative estimate of drug-likeness (QED) is 0.458. The number of ether oxygens (including phenoxy) is 2. The summed E-state index contributed by atoms with van der Waals surface area (Å²) < 4.78 is 37.7. The van der Waals surface area contributed by atoms with E-state index in [-0.39, 0.29) is 17.8 Å². The van der Waals surface area contributed by atoms with Crippen LogP contribution in [0.2, 0.25) is 5.02 Å². The molecule has 0 aliphatic carbocycles. The molecule has 0 bridgehead atoms. The predicted molar refractivity (Wildman–Crippen MR) is 136 cm³/mol. The van der Waals surface area contributed by atoms with Gasteiger partial charge in [-0.05, 0) is 54.8 Å². The SMILES string of the molecule is COc1cc(C(=O)Nc2cccc(C)c2C)c(N(Cc2ccc(Cl)cc2)S(C)(=O)=O)cc1OC. The van der Waals surface area contributed by atoms with Crippen LogP contribution in [-0.2, 0) is 16.6 Å². The molecule has 0 heterocycles. The zero-order valence-electron chi connectivity index (χ0n) is 19.7. The van der Waals surface area contributed by atoms with E-state index in [0.717, 1.165) is 21.7 Å². The van der Waals surface area contributed by atoms with Gasteiger partial charge in [0, 0.05) is 16.8 Å². The van der Waals surface area contributed by atoms with E-state index < -0.39 is 15.9 Å². The molecule has 34 heavy (non-hydrogen) atoms. The molecular formula is C25H27ClN2O5S. The number of carbonyl (C=O) groups is 1. The third-order valence-corrected chi connectivity index (χ3v) is 6.89. The van der Waals surface area contributed by atoms with Crippen LogP contribution in [0.1, 0.15) is 27.0 Å². The minimum atomic E-state index is -3.79. The minimum Gasteiger partial charge on any atom is -0.493 e. The number of aryl methyl sites for hydroxylation is 1. The zero-order chi connectivity index (χ0) is 25.0. The number of carbonyl (C=O) groups excluding carboxylic acids is 1. The predicted octanol–water partition coefficient (Wildman–Crippen LogP) is 5.19. The summed E-state index contributed by atoms with van der Waals surface area (Å²) in [5.74, 6) is 0.122. The number of benzene rings is 3. The van der Waals surface area contributed by atoms with E-state index in [2.05, 4.69) is 5.32 Å². The van der Waals surface area contributed by atoms with Crippen LogP contribution in [0.15, 0.2) is 54.6 Å². The average Bonchev–Trinajstić information content (AvgIpc) is 2.80. The molecule has 0 fully saturated rings. The van der Waals surface area contributed by atoms with Gasteiger partial charge in [0.2, 0.25) is 10.0 Å². The second-order valence-corrected chi connectivity index (χ2v) is 10.2. The molecule has 9 heteroatoms. The van der Waals surface area contributed by atoms with Crippen molar-refractivity contribution in [1.29, 1.82) is 0 Å². The number of hydrogen-bond acceptors (Lipinski definition) is 5. The molecule has 0 radical (unpaired) electrons. The molecule has 7 nitrogen and oxygen atoms in total. The topological polar surface area (TPSA) is 84.9 Å². The van der Waals surface area contributed by atoms with E-state index in [1.165, 1.54) is 26.4 Å². The maximum Gasteiger partial charge on any atom is 0.257 e. The Balaban J connectivity index is 2.15. The maximum absolute atomic E-state index is 13.4. The second-order valence-electron chi connectivity index (χ2n) is 7.82. The van der Waals surface area contributed by atoms with Crippen LogP contribution in [0.4, 0.5) is 11.4 Å². The smallest absolute Gasteiger partial charge is 0.257 e. The molecule has 0 aromatic heterocycles. The summed E-state index contributed by atoms with van der Waals surface area (Å²) in [7, 11) is -0.894. The number of amides is 1. The summed E-state index contributed by atoms with van der Waals surface area (Å²) in [5, 5.41) is 3.44. The Bertz CT molecular complexity index is 1310.